The van der Waals surface area contributed by atoms with Crippen molar-refractivity contribution in [2.75, 3.05) is 13.7 Å². The van der Waals surface area contributed by atoms with E-state index >= 15 is 0 Å². The lowest BCUT2D eigenvalue weighted by atomic mass is 10.0. The molecule has 1 heterocycles. The van der Waals surface area contributed by atoms with E-state index in [2.05, 4.69) is 10.1 Å². The van der Waals surface area contributed by atoms with Gasteiger partial charge in [-0.15, -0.1) is 0 Å². The van der Waals surface area contributed by atoms with E-state index in [0.29, 0.717) is 26.4 Å². The molecule has 0 saturated heterocycles. The van der Waals surface area contributed by atoms with Crippen LogP contribution >= 0.6 is 11.6 Å². The highest BCUT2D eigenvalue weighted by Crippen LogP contribution is 2.29. The Balaban J connectivity index is 1.95. The van der Waals surface area contributed by atoms with Crippen LogP contribution in [0, 0.1) is 0 Å². The topological polar surface area (TPSA) is 85.7 Å². The molecule has 2 aromatic carbocycles. The molecule has 3 aromatic rings. The Morgan fingerprint density at radius 2 is 1.76 bits per heavy atom. The van der Waals surface area contributed by atoms with Gasteiger partial charge in [-0.2, -0.15) is 27.1 Å². The first-order valence-corrected chi connectivity index (χ1v) is 11.2. The number of benzene rings is 2. The Kier molecular flexibility index (Phi) is 8.87. The lowest BCUT2D eigenvalue weighted by Gasteiger charge is -2.32. The van der Waals surface area contributed by atoms with E-state index in [4.69, 9.17) is 22.1 Å². The maximum Gasteiger partial charge on any atom is 0.414 e. The van der Waals surface area contributed by atoms with E-state index in [-0.39, 0.29) is 11.5 Å². The predicted octanol–water partition coefficient (Wildman–Crippen LogP) is 5.69. The Bertz CT molecular complexity index is 1230. The van der Waals surface area contributed by atoms with E-state index < -0.39 is 37.4 Å². The van der Waals surface area contributed by atoms with Gasteiger partial charge in [0.1, 0.15) is 0 Å². The third-order valence-electron chi connectivity index (χ3n) is 5.49. The molecule has 0 fully saturated rings. The third kappa shape index (κ3) is 6.83. The molecule has 0 aliphatic carbocycles. The van der Waals surface area contributed by atoms with Crippen molar-refractivity contribution in [3.05, 3.63) is 77.1 Å². The summed E-state index contributed by atoms with van der Waals surface area (Å²) in [6, 6.07) is 11.0. The van der Waals surface area contributed by atoms with Crippen molar-refractivity contribution in [1.82, 2.24) is 14.7 Å². The first kappa shape index (κ1) is 28.1. The number of rotatable bonds is 8. The van der Waals surface area contributed by atoms with E-state index in [0.717, 1.165) is 18.0 Å². The highest BCUT2D eigenvalue weighted by atomic mass is 35.5. The van der Waals surface area contributed by atoms with Crippen LogP contribution in [0.5, 0.6) is 0 Å². The fourth-order valence-electron chi connectivity index (χ4n) is 3.39. The summed E-state index contributed by atoms with van der Waals surface area (Å²) in [4.78, 5) is 18.5. The fourth-order valence-corrected chi connectivity index (χ4v) is 3.51. The molecule has 0 spiro atoms. The Hall–Kier alpha value is -3.51. The zero-order chi connectivity index (χ0) is 27.3. The van der Waals surface area contributed by atoms with Crippen LogP contribution in [-0.4, -0.2) is 52.5 Å². The van der Waals surface area contributed by atoms with E-state index in [1.165, 1.54) is 49.6 Å². The summed E-state index contributed by atoms with van der Waals surface area (Å²) in [6.45, 7) is -2.49. The van der Waals surface area contributed by atoms with Crippen molar-refractivity contribution >= 4 is 23.5 Å². The quantitative estimate of drug-likeness (QED) is 0.224. The predicted molar refractivity (Wildman–Crippen MR) is 128 cm³/mol. The lowest BCUT2D eigenvalue weighted by Crippen LogP contribution is -2.46. The van der Waals surface area contributed by atoms with Crippen molar-refractivity contribution in [2.45, 2.75) is 31.8 Å². The molecule has 0 aliphatic rings. The molecule has 198 valence electrons. The van der Waals surface area contributed by atoms with Crippen LogP contribution in [0.1, 0.15) is 35.4 Å². The number of halogens is 6. The van der Waals surface area contributed by atoms with Gasteiger partial charge >= 0.3 is 12.7 Å². The molecule has 1 aromatic heterocycles. The molecular weight excluding hydrogens is 521 g/mol. The molecule has 0 saturated carbocycles. The molecule has 13 heteroatoms. The van der Waals surface area contributed by atoms with Crippen LogP contribution in [0.25, 0.3) is 11.1 Å². The standard InChI is InChI=1S/C24H23ClF5N5O2/c1-14(24(28,29)30)37-13-20(16-7-9-19(25)10-8-16)35(23(31)32-2)21(36)17-5-3-15(4-6-17)18-11-33-34(12-18)22(26)27/h3-12,14,20,22H,13H2,1-2H3,(H2,31,32). The van der Waals surface area contributed by atoms with Gasteiger partial charge in [-0.25, -0.2) is 4.68 Å². The highest BCUT2D eigenvalue weighted by molar-refractivity contribution is 6.30. The van der Waals surface area contributed by atoms with Crippen LogP contribution in [0.4, 0.5) is 22.0 Å². The zero-order valence-corrected chi connectivity index (χ0v) is 20.4. The van der Waals surface area contributed by atoms with Crippen LogP contribution in [-0.2, 0) is 4.74 Å². The summed E-state index contributed by atoms with van der Waals surface area (Å²) >= 11 is 5.96. The maximum atomic E-state index is 13.6. The molecule has 37 heavy (non-hydrogen) atoms. The minimum absolute atomic E-state index is 0.124. The molecule has 2 atom stereocenters. The van der Waals surface area contributed by atoms with Crippen molar-refractivity contribution in [3.63, 3.8) is 0 Å². The second kappa shape index (κ2) is 11.7. The number of hydrogen-bond donors (Lipinski definition) is 1. The average molecular weight is 544 g/mol. The van der Waals surface area contributed by atoms with Crippen LogP contribution in [0.15, 0.2) is 65.9 Å². The van der Waals surface area contributed by atoms with Gasteiger partial charge < -0.3 is 10.5 Å². The number of nitrogens with two attached hydrogens (primary N) is 1. The number of amides is 1. The minimum Gasteiger partial charge on any atom is -0.369 e. The number of aromatic nitrogens is 2. The largest absolute Gasteiger partial charge is 0.414 e. The first-order valence-electron chi connectivity index (χ1n) is 10.8. The highest BCUT2D eigenvalue weighted by Gasteiger charge is 2.38. The molecule has 3 rings (SSSR count). The maximum absolute atomic E-state index is 13.6. The van der Waals surface area contributed by atoms with Gasteiger partial charge in [0.15, 0.2) is 12.1 Å². The number of aliphatic imine (C=N–C) groups is 1. The van der Waals surface area contributed by atoms with Gasteiger partial charge in [0.05, 0.1) is 18.8 Å². The SMILES string of the molecule is CN=C(N)N(C(=O)c1ccc(-c2cnn(C(F)F)c2)cc1)C(COC(C)C(F)(F)F)c1ccc(Cl)cc1. The summed E-state index contributed by atoms with van der Waals surface area (Å²) in [6.07, 6.45) is -4.30. The number of hydrogen-bond acceptors (Lipinski definition) is 4. The zero-order valence-electron chi connectivity index (χ0n) is 19.7. The van der Waals surface area contributed by atoms with Crippen molar-refractivity contribution in [1.29, 1.82) is 0 Å². The summed E-state index contributed by atoms with van der Waals surface area (Å²) in [7, 11) is 1.33. The van der Waals surface area contributed by atoms with Crippen molar-refractivity contribution < 1.29 is 31.5 Å². The van der Waals surface area contributed by atoms with Crippen LogP contribution in [0.3, 0.4) is 0 Å². The Labute approximate surface area is 214 Å². The first-order chi connectivity index (χ1) is 17.4. The van der Waals surface area contributed by atoms with Gasteiger partial charge in [-0.3, -0.25) is 14.7 Å². The second-order valence-electron chi connectivity index (χ2n) is 7.91. The number of ether oxygens (including phenoxy) is 1. The number of alkyl halides is 5. The summed E-state index contributed by atoms with van der Waals surface area (Å²) in [5.74, 6) is -0.920. The van der Waals surface area contributed by atoms with Gasteiger partial charge in [0.25, 0.3) is 5.91 Å². The third-order valence-corrected chi connectivity index (χ3v) is 5.74. The monoisotopic (exact) mass is 543 g/mol. The number of carbonyl (C=O) groups is 1. The molecule has 1 amide bonds. The summed E-state index contributed by atoms with van der Waals surface area (Å²) in [5, 5.41) is 3.97. The Morgan fingerprint density at radius 1 is 1.14 bits per heavy atom. The van der Waals surface area contributed by atoms with Crippen LogP contribution < -0.4 is 5.73 Å². The summed E-state index contributed by atoms with van der Waals surface area (Å²) < 4.78 is 70.6. The lowest BCUT2D eigenvalue weighted by molar-refractivity contribution is -0.216. The van der Waals surface area contributed by atoms with E-state index in [1.54, 1.807) is 12.1 Å². The van der Waals surface area contributed by atoms with E-state index in [9.17, 15) is 26.7 Å². The molecule has 7 nitrogen and oxygen atoms in total. The minimum atomic E-state index is -4.61. The normalized spacial score (nSPS) is 14.0. The number of guanidine groups is 1. The molecule has 0 bridgehead atoms. The van der Waals surface area contributed by atoms with Gasteiger partial charge in [-0.05, 0) is 42.3 Å². The van der Waals surface area contributed by atoms with Gasteiger partial charge in [-0.1, -0.05) is 35.9 Å². The van der Waals surface area contributed by atoms with E-state index in [1.807, 2.05) is 0 Å². The average Bonchev–Trinajstić information content (AvgIpc) is 3.36. The molecule has 0 aliphatic heterocycles. The number of carbonyl (C=O) groups excluding carboxylic acids is 1. The Morgan fingerprint density at radius 3 is 2.27 bits per heavy atom. The van der Waals surface area contributed by atoms with Gasteiger partial charge in [0, 0.05) is 29.4 Å². The molecule has 2 unspecified atom stereocenters. The number of nitrogens with zero attached hydrogens (tertiary/aromatic N) is 4. The molecule has 2 N–H and O–H groups in total. The summed E-state index contributed by atoms with van der Waals surface area (Å²) in [5.41, 5.74) is 7.49. The van der Waals surface area contributed by atoms with Crippen molar-refractivity contribution in [3.8, 4) is 11.1 Å². The smallest absolute Gasteiger partial charge is 0.369 e. The molecular formula is C24H23ClF5N5O2. The van der Waals surface area contributed by atoms with Crippen molar-refractivity contribution in [2.24, 2.45) is 10.7 Å². The second-order valence-corrected chi connectivity index (χ2v) is 8.34. The van der Waals surface area contributed by atoms with Gasteiger partial charge in [0.2, 0.25) is 0 Å². The fraction of sp³-hybridized carbons (Fsp3) is 0.292. The molecule has 0 radical (unpaired) electrons. The van der Waals surface area contributed by atoms with Crippen LogP contribution in [0.2, 0.25) is 5.02 Å².